The average Bonchev–Trinajstić information content (AvgIpc) is 2.69. The second kappa shape index (κ2) is 4.92. The average molecular weight is 295 g/mol. The number of piperidine rings is 1. The molecule has 0 aromatic heterocycles. The van der Waals surface area contributed by atoms with Crippen molar-refractivity contribution in [2.75, 3.05) is 4.90 Å². The minimum atomic E-state index is -4.51. The lowest BCUT2D eigenvalue weighted by atomic mass is 9.96. The molecule has 112 valence electrons. The molecule has 2 aliphatic heterocycles. The zero-order valence-corrected chi connectivity index (χ0v) is 11.4. The van der Waals surface area contributed by atoms with Crippen LogP contribution >= 0.6 is 0 Å². The van der Waals surface area contributed by atoms with Crippen LogP contribution < -0.4 is 10.6 Å². The molecule has 2 bridgehead atoms. The third kappa shape index (κ3) is 2.46. The predicted molar refractivity (Wildman–Crippen MR) is 72.7 cm³/mol. The number of halogens is 3. The number of benzene rings is 1. The summed E-state index contributed by atoms with van der Waals surface area (Å²) in [6.45, 7) is 0. The first-order valence-corrected chi connectivity index (χ1v) is 7.05. The number of alkyl halides is 3. The number of hydrogen-bond acceptors (Lipinski definition) is 3. The molecule has 2 aliphatic rings. The Kier molecular flexibility index (Phi) is 3.33. The van der Waals surface area contributed by atoms with Gasteiger partial charge in [-0.25, -0.2) is 0 Å². The fourth-order valence-corrected chi connectivity index (χ4v) is 3.67. The first kappa shape index (κ1) is 14.2. The lowest BCUT2D eigenvalue weighted by molar-refractivity contribution is -0.137. The summed E-state index contributed by atoms with van der Waals surface area (Å²) < 4.78 is 39.2. The zero-order valence-electron chi connectivity index (χ0n) is 11.4. The summed E-state index contributed by atoms with van der Waals surface area (Å²) in [6, 6.07) is 6.19. The van der Waals surface area contributed by atoms with Crippen LogP contribution in [0.2, 0.25) is 0 Å². The highest BCUT2D eigenvalue weighted by Crippen LogP contribution is 2.41. The fourth-order valence-electron chi connectivity index (χ4n) is 3.67. The Morgan fingerprint density at radius 2 is 1.81 bits per heavy atom. The van der Waals surface area contributed by atoms with Crippen molar-refractivity contribution in [2.45, 2.75) is 50.0 Å². The molecule has 0 saturated carbocycles. The van der Waals surface area contributed by atoms with Crippen LogP contribution in [0.5, 0.6) is 0 Å². The molecular formula is C15H16F3N3. The molecule has 2 N–H and O–H groups in total. The van der Waals surface area contributed by atoms with Gasteiger partial charge in [0.05, 0.1) is 17.2 Å². The summed E-state index contributed by atoms with van der Waals surface area (Å²) in [4.78, 5) is 2.07. The van der Waals surface area contributed by atoms with Gasteiger partial charge in [-0.3, -0.25) is 0 Å². The van der Waals surface area contributed by atoms with Crippen LogP contribution in [0.15, 0.2) is 18.2 Å². The van der Waals surface area contributed by atoms with Crippen LogP contribution in [-0.4, -0.2) is 18.1 Å². The topological polar surface area (TPSA) is 53.0 Å². The van der Waals surface area contributed by atoms with E-state index >= 15 is 0 Å². The Labute approximate surface area is 121 Å². The molecule has 3 rings (SSSR count). The predicted octanol–water partition coefficient (Wildman–Crippen LogP) is 3.04. The second-order valence-electron chi connectivity index (χ2n) is 5.86. The van der Waals surface area contributed by atoms with Gasteiger partial charge in [0.15, 0.2) is 0 Å². The van der Waals surface area contributed by atoms with E-state index in [2.05, 4.69) is 4.90 Å². The number of nitrogens with two attached hydrogens (primary N) is 1. The minimum absolute atomic E-state index is 0.138. The summed E-state index contributed by atoms with van der Waals surface area (Å²) in [6.07, 6.45) is -0.929. The van der Waals surface area contributed by atoms with E-state index in [0.29, 0.717) is 5.69 Å². The molecule has 2 fully saturated rings. The Bertz CT molecular complexity index is 577. The van der Waals surface area contributed by atoms with E-state index in [0.717, 1.165) is 31.7 Å². The van der Waals surface area contributed by atoms with Gasteiger partial charge in [0.25, 0.3) is 0 Å². The van der Waals surface area contributed by atoms with Crippen molar-refractivity contribution in [3.8, 4) is 6.07 Å². The third-order valence-electron chi connectivity index (χ3n) is 4.50. The normalized spacial score (nSPS) is 28.5. The minimum Gasteiger partial charge on any atom is -0.365 e. The van der Waals surface area contributed by atoms with Crippen LogP contribution in [0, 0.1) is 11.3 Å². The Morgan fingerprint density at radius 3 is 2.33 bits per heavy atom. The molecular weight excluding hydrogens is 279 g/mol. The van der Waals surface area contributed by atoms with Gasteiger partial charge >= 0.3 is 6.18 Å². The number of fused-ring (bicyclic) bond motifs is 2. The molecule has 0 spiro atoms. The molecule has 3 nitrogen and oxygen atoms in total. The van der Waals surface area contributed by atoms with Gasteiger partial charge in [0.1, 0.15) is 0 Å². The SMILES string of the molecule is N#Cc1ccc(N2C3CCC2CC(N)C3)cc1C(F)(F)F. The maximum Gasteiger partial charge on any atom is 0.417 e. The van der Waals surface area contributed by atoms with E-state index in [1.54, 1.807) is 12.1 Å². The Balaban J connectivity index is 1.99. The van der Waals surface area contributed by atoms with Gasteiger partial charge < -0.3 is 10.6 Å². The molecule has 2 saturated heterocycles. The third-order valence-corrected chi connectivity index (χ3v) is 4.50. The largest absolute Gasteiger partial charge is 0.417 e. The monoisotopic (exact) mass is 295 g/mol. The molecule has 6 heteroatoms. The molecule has 2 heterocycles. The quantitative estimate of drug-likeness (QED) is 0.866. The van der Waals surface area contributed by atoms with Crippen LogP contribution in [0.1, 0.15) is 36.8 Å². The van der Waals surface area contributed by atoms with Crippen LogP contribution in [0.25, 0.3) is 0 Å². The lowest BCUT2D eigenvalue weighted by Gasteiger charge is -2.39. The van der Waals surface area contributed by atoms with Crippen LogP contribution in [0.4, 0.5) is 18.9 Å². The molecule has 1 aromatic rings. The van der Waals surface area contributed by atoms with Gasteiger partial charge in [-0.15, -0.1) is 0 Å². The molecule has 0 radical (unpaired) electrons. The highest BCUT2D eigenvalue weighted by Gasteiger charge is 2.41. The first-order chi connectivity index (χ1) is 9.90. The summed E-state index contributed by atoms with van der Waals surface area (Å²) in [5, 5.41) is 8.85. The van der Waals surface area contributed by atoms with Crippen molar-refractivity contribution in [1.29, 1.82) is 5.26 Å². The van der Waals surface area contributed by atoms with E-state index in [1.165, 1.54) is 6.07 Å². The smallest absolute Gasteiger partial charge is 0.365 e. The van der Waals surface area contributed by atoms with Gasteiger partial charge in [-0.2, -0.15) is 18.4 Å². The fraction of sp³-hybridized carbons (Fsp3) is 0.533. The Morgan fingerprint density at radius 1 is 1.19 bits per heavy atom. The number of hydrogen-bond donors (Lipinski definition) is 1. The number of nitrogens with zero attached hydrogens (tertiary/aromatic N) is 2. The zero-order chi connectivity index (χ0) is 15.2. The summed E-state index contributed by atoms with van der Waals surface area (Å²) in [5.41, 5.74) is 5.37. The van der Waals surface area contributed by atoms with Crippen LogP contribution in [-0.2, 0) is 6.18 Å². The van der Waals surface area contributed by atoms with Crippen molar-refractivity contribution in [2.24, 2.45) is 5.73 Å². The van der Waals surface area contributed by atoms with E-state index in [-0.39, 0.29) is 23.7 Å². The van der Waals surface area contributed by atoms with E-state index in [9.17, 15) is 13.2 Å². The summed E-state index contributed by atoms with van der Waals surface area (Å²) in [5.74, 6) is 0. The van der Waals surface area contributed by atoms with E-state index < -0.39 is 11.7 Å². The molecule has 0 aliphatic carbocycles. The van der Waals surface area contributed by atoms with Crippen molar-refractivity contribution in [3.63, 3.8) is 0 Å². The van der Waals surface area contributed by atoms with Gasteiger partial charge in [0.2, 0.25) is 0 Å². The standard InChI is InChI=1S/C15H16F3N3/c16-15(17,18)14-7-13(2-1-9(14)8-19)21-11-3-4-12(21)6-10(20)5-11/h1-2,7,10-12H,3-6,20H2. The van der Waals surface area contributed by atoms with Gasteiger partial charge in [-0.05, 0) is 43.9 Å². The molecule has 2 unspecified atom stereocenters. The molecule has 0 amide bonds. The number of rotatable bonds is 1. The number of anilines is 1. The highest BCUT2D eigenvalue weighted by molar-refractivity contribution is 5.57. The maximum atomic E-state index is 13.1. The molecule has 21 heavy (non-hydrogen) atoms. The highest BCUT2D eigenvalue weighted by atomic mass is 19.4. The van der Waals surface area contributed by atoms with E-state index in [4.69, 9.17) is 11.0 Å². The molecule has 2 atom stereocenters. The van der Waals surface area contributed by atoms with Gasteiger partial charge in [-0.1, -0.05) is 0 Å². The second-order valence-corrected chi connectivity index (χ2v) is 5.86. The van der Waals surface area contributed by atoms with Crippen molar-refractivity contribution in [1.82, 2.24) is 0 Å². The molecule has 1 aromatic carbocycles. The van der Waals surface area contributed by atoms with Crippen LogP contribution in [0.3, 0.4) is 0 Å². The lowest BCUT2D eigenvalue weighted by Crippen LogP contribution is -2.47. The van der Waals surface area contributed by atoms with E-state index in [1.807, 2.05) is 0 Å². The first-order valence-electron chi connectivity index (χ1n) is 7.05. The maximum absolute atomic E-state index is 13.1. The van der Waals surface area contributed by atoms with Crippen molar-refractivity contribution < 1.29 is 13.2 Å². The summed E-state index contributed by atoms with van der Waals surface area (Å²) >= 11 is 0. The van der Waals surface area contributed by atoms with Crippen molar-refractivity contribution in [3.05, 3.63) is 29.3 Å². The number of nitriles is 1. The summed E-state index contributed by atoms with van der Waals surface area (Å²) in [7, 11) is 0. The van der Waals surface area contributed by atoms with Gasteiger partial charge in [0, 0.05) is 23.8 Å². The van der Waals surface area contributed by atoms with Crippen molar-refractivity contribution >= 4 is 5.69 Å². The Hall–Kier alpha value is -1.74.